The Morgan fingerprint density at radius 1 is 1.25 bits per heavy atom. The van der Waals surface area contributed by atoms with Crippen LogP contribution in [0.2, 0.25) is 0 Å². The molecule has 0 atom stereocenters. The van der Waals surface area contributed by atoms with Gasteiger partial charge in [-0.1, -0.05) is 0 Å². The molecule has 0 bridgehead atoms. The van der Waals surface area contributed by atoms with E-state index in [1.165, 1.54) is 19.3 Å². The van der Waals surface area contributed by atoms with Gasteiger partial charge in [-0.15, -0.1) is 0 Å². The number of hydrogen-bond donors (Lipinski definition) is 0. The fourth-order valence-corrected chi connectivity index (χ4v) is 1.38. The first-order chi connectivity index (χ1) is 7.40. The second-order valence-corrected chi connectivity index (χ2v) is 4.55. The average molecular weight is 253 g/mol. The number of hydrogen-bond acceptors (Lipinski definition) is 5. The molecule has 0 aromatic heterocycles. The summed E-state index contributed by atoms with van der Waals surface area (Å²) in [6.45, 7) is 1.16. The first-order valence-electron chi connectivity index (χ1n) is 5.03. The number of ether oxygens (including phenoxy) is 1. The third-order valence-corrected chi connectivity index (χ3v) is 2.66. The number of rotatable bonds is 1. The largest absolute Gasteiger partial charge is 0.726 e. The summed E-state index contributed by atoms with van der Waals surface area (Å²) in [4.78, 5) is 0. The summed E-state index contributed by atoms with van der Waals surface area (Å²) in [7, 11) is 0.258. The van der Waals surface area contributed by atoms with E-state index in [0.717, 1.165) is 26.0 Å². The van der Waals surface area contributed by atoms with E-state index in [9.17, 15) is 13.0 Å². The molecule has 6 nitrogen and oxygen atoms in total. The van der Waals surface area contributed by atoms with E-state index in [2.05, 4.69) is 15.8 Å². The van der Waals surface area contributed by atoms with Gasteiger partial charge in [0.15, 0.2) is 0 Å². The maximum atomic E-state index is 9.22. The van der Waals surface area contributed by atoms with Crippen LogP contribution in [0.25, 0.3) is 0 Å². The Kier molecular flexibility index (Phi) is 7.27. The average Bonchev–Trinajstić information content (AvgIpc) is 2.42. The van der Waals surface area contributed by atoms with Crippen LogP contribution in [-0.4, -0.2) is 51.3 Å². The summed E-state index contributed by atoms with van der Waals surface area (Å²) in [5.41, 5.74) is 0. The van der Waals surface area contributed by atoms with Gasteiger partial charge in [0.2, 0.25) is 10.4 Å². The van der Waals surface area contributed by atoms with E-state index in [1.54, 1.807) is 7.11 Å². The third kappa shape index (κ3) is 7.61. The molecule has 1 rings (SSSR count). The van der Waals surface area contributed by atoms with Crippen LogP contribution in [0.1, 0.15) is 25.7 Å². The normalized spacial score (nSPS) is 17.2. The number of methoxy groups -OCH3 is 1. The monoisotopic (exact) mass is 253 g/mol. The van der Waals surface area contributed by atoms with Crippen molar-refractivity contribution in [3.05, 3.63) is 0 Å². The zero-order valence-electron chi connectivity index (χ0n) is 9.93. The van der Waals surface area contributed by atoms with Crippen LogP contribution in [-0.2, 0) is 19.3 Å². The van der Waals surface area contributed by atoms with E-state index in [4.69, 9.17) is 4.74 Å². The highest BCUT2D eigenvalue weighted by atomic mass is 32.3. The minimum atomic E-state index is -4.41. The maximum absolute atomic E-state index is 9.22. The van der Waals surface area contributed by atoms with Crippen LogP contribution >= 0.6 is 0 Å². The number of nitrogens with zero attached hydrogens (tertiary/aromatic N) is 1. The second-order valence-electron chi connectivity index (χ2n) is 3.40. The Labute approximate surface area is 96.8 Å². The van der Waals surface area contributed by atoms with Gasteiger partial charge in [0.1, 0.15) is 13.6 Å². The van der Waals surface area contributed by atoms with Gasteiger partial charge in [-0.25, -0.2) is 13.0 Å². The lowest BCUT2D eigenvalue weighted by Gasteiger charge is -1.98. The standard InChI is InChI=1S/C8H16NO.CH4O4S/c1-9-7-5-3-4-6-8(9)10-2;1-5-6(2,3)4/h3-7H2,1-2H3;1H3,(H,2,3,4)/q+1;/p-1. The summed E-state index contributed by atoms with van der Waals surface area (Å²) in [5, 5.41) is 0. The van der Waals surface area contributed by atoms with Crippen molar-refractivity contribution >= 4 is 16.3 Å². The zero-order chi connectivity index (χ0) is 12.6. The first-order valence-corrected chi connectivity index (χ1v) is 6.36. The summed E-state index contributed by atoms with van der Waals surface area (Å²) in [6.07, 6.45) is 5.06. The molecule has 0 spiro atoms. The molecule has 0 radical (unpaired) electrons. The Bertz CT molecular complexity index is 323. The molecule has 7 heteroatoms. The van der Waals surface area contributed by atoms with Crippen LogP contribution in [0.5, 0.6) is 0 Å². The lowest BCUT2D eigenvalue weighted by atomic mass is 10.2. The molecule has 0 fully saturated rings. The van der Waals surface area contributed by atoms with Crippen LogP contribution in [0, 0.1) is 0 Å². The Balaban J connectivity index is 0.000000325. The van der Waals surface area contributed by atoms with Crippen molar-refractivity contribution in [2.75, 3.05) is 27.8 Å². The Hall–Kier alpha value is -0.660. The Morgan fingerprint density at radius 2 is 1.81 bits per heavy atom. The summed E-state index contributed by atoms with van der Waals surface area (Å²) >= 11 is 0. The molecular weight excluding hydrogens is 234 g/mol. The van der Waals surface area contributed by atoms with Crippen LogP contribution in [0.3, 0.4) is 0 Å². The highest BCUT2D eigenvalue weighted by Gasteiger charge is 2.13. The van der Waals surface area contributed by atoms with Gasteiger partial charge < -0.3 is 9.29 Å². The van der Waals surface area contributed by atoms with Crippen molar-refractivity contribution in [2.24, 2.45) is 0 Å². The van der Waals surface area contributed by atoms with Crippen molar-refractivity contribution in [2.45, 2.75) is 25.7 Å². The molecule has 1 heterocycles. The quantitative estimate of drug-likeness (QED) is 0.382. The van der Waals surface area contributed by atoms with E-state index in [0.29, 0.717) is 0 Å². The van der Waals surface area contributed by atoms with Gasteiger partial charge in [0.25, 0.3) is 0 Å². The molecule has 0 N–H and O–H groups in total. The van der Waals surface area contributed by atoms with Crippen molar-refractivity contribution < 1.29 is 26.5 Å². The molecule has 16 heavy (non-hydrogen) atoms. The van der Waals surface area contributed by atoms with Gasteiger partial charge in [0.05, 0.1) is 20.6 Å². The smallest absolute Gasteiger partial charge is 0.335 e. The minimum Gasteiger partial charge on any atom is -0.726 e. The fraction of sp³-hybridized carbons (Fsp3) is 0.889. The molecule has 1 aliphatic heterocycles. The predicted molar refractivity (Wildman–Crippen MR) is 58.2 cm³/mol. The van der Waals surface area contributed by atoms with E-state index in [1.807, 2.05) is 0 Å². The van der Waals surface area contributed by atoms with Gasteiger partial charge in [-0.2, -0.15) is 0 Å². The maximum Gasteiger partial charge on any atom is 0.335 e. The third-order valence-electron chi connectivity index (χ3n) is 2.25. The predicted octanol–water partition coefficient (Wildman–Crippen LogP) is 0.341. The molecule has 0 saturated carbocycles. The summed E-state index contributed by atoms with van der Waals surface area (Å²) < 4.78 is 38.5. The molecule has 0 unspecified atom stereocenters. The lowest BCUT2D eigenvalue weighted by molar-refractivity contribution is -0.506. The Morgan fingerprint density at radius 3 is 2.25 bits per heavy atom. The molecular formula is C9H19NO5S. The second kappa shape index (κ2) is 7.59. The molecule has 1 aliphatic rings. The molecule has 0 aromatic carbocycles. The molecule has 0 amide bonds. The molecule has 96 valence electrons. The van der Waals surface area contributed by atoms with Crippen LogP contribution in [0.15, 0.2) is 0 Å². The summed E-state index contributed by atoms with van der Waals surface area (Å²) in [6, 6.07) is 0. The van der Waals surface area contributed by atoms with Crippen LogP contribution in [0.4, 0.5) is 0 Å². The molecule has 0 aliphatic carbocycles. The van der Waals surface area contributed by atoms with Crippen molar-refractivity contribution in [1.82, 2.24) is 0 Å². The topological polar surface area (TPSA) is 78.7 Å². The lowest BCUT2D eigenvalue weighted by Crippen LogP contribution is -2.17. The highest BCUT2D eigenvalue weighted by Crippen LogP contribution is 2.06. The van der Waals surface area contributed by atoms with Crippen molar-refractivity contribution in [3.63, 3.8) is 0 Å². The van der Waals surface area contributed by atoms with Gasteiger partial charge >= 0.3 is 5.90 Å². The van der Waals surface area contributed by atoms with E-state index < -0.39 is 10.4 Å². The minimum absolute atomic E-state index is 0.808. The van der Waals surface area contributed by atoms with Crippen molar-refractivity contribution in [3.8, 4) is 0 Å². The van der Waals surface area contributed by atoms with Gasteiger partial charge in [-0.3, -0.25) is 4.18 Å². The zero-order valence-corrected chi connectivity index (χ0v) is 10.7. The van der Waals surface area contributed by atoms with Gasteiger partial charge in [0, 0.05) is 6.42 Å². The molecule has 0 saturated heterocycles. The highest BCUT2D eigenvalue weighted by molar-refractivity contribution is 7.80. The van der Waals surface area contributed by atoms with E-state index in [-0.39, 0.29) is 0 Å². The van der Waals surface area contributed by atoms with Crippen LogP contribution < -0.4 is 0 Å². The molecule has 0 aromatic rings. The first kappa shape index (κ1) is 15.3. The van der Waals surface area contributed by atoms with Gasteiger partial charge in [-0.05, 0) is 12.8 Å². The SMILES string of the molecule is COC1=[N+](C)CCCCC1.COS(=O)(=O)[O-]. The van der Waals surface area contributed by atoms with E-state index >= 15 is 0 Å². The fourth-order valence-electron chi connectivity index (χ4n) is 1.38. The van der Waals surface area contributed by atoms with Crippen molar-refractivity contribution in [1.29, 1.82) is 0 Å². The summed E-state index contributed by atoms with van der Waals surface area (Å²) in [5.74, 6) is 1.15.